The molecule has 0 atom stereocenters. The maximum Gasteiger partial charge on any atom is 0.396 e. The van der Waals surface area contributed by atoms with E-state index in [-0.39, 0.29) is 12.5 Å². The Hall–Kier alpha value is -2.17. The molecule has 0 spiro atoms. The zero-order valence-corrected chi connectivity index (χ0v) is 10.6. The number of hydrogen-bond donors (Lipinski definition) is 0. The fourth-order valence-electron chi connectivity index (χ4n) is 1.59. The van der Waals surface area contributed by atoms with Crippen molar-refractivity contribution in [2.45, 2.75) is 20.8 Å². The van der Waals surface area contributed by atoms with Crippen LogP contribution in [0.4, 0.5) is 0 Å². The van der Waals surface area contributed by atoms with Crippen molar-refractivity contribution in [3.05, 3.63) is 35.2 Å². The maximum atomic E-state index is 11.4. The Kier molecular flexibility index (Phi) is 3.41. The lowest BCUT2D eigenvalue weighted by Gasteiger charge is -2.03. The van der Waals surface area contributed by atoms with Crippen LogP contribution in [0.1, 0.15) is 28.7 Å². The standard InChI is InChI=1S/C13H14N2O3/c1-4-17-13(16)12-15-14-11(18-12)10-7-5-6-8(2)9(10)3/h5-7H,4H2,1-3H3. The van der Waals surface area contributed by atoms with Gasteiger partial charge in [-0.05, 0) is 38.0 Å². The van der Waals surface area contributed by atoms with E-state index in [4.69, 9.17) is 9.15 Å². The number of carbonyl (C=O) groups is 1. The summed E-state index contributed by atoms with van der Waals surface area (Å²) in [5.74, 6) is -0.381. The summed E-state index contributed by atoms with van der Waals surface area (Å²) in [6, 6.07) is 5.79. The van der Waals surface area contributed by atoms with Crippen LogP contribution in [-0.4, -0.2) is 22.8 Å². The summed E-state index contributed by atoms with van der Waals surface area (Å²) >= 11 is 0. The summed E-state index contributed by atoms with van der Waals surface area (Å²) in [7, 11) is 0. The van der Waals surface area contributed by atoms with Crippen LogP contribution in [0.15, 0.2) is 22.6 Å². The predicted octanol–water partition coefficient (Wildman–Crippen LogP) is 2.53. The first-order valence-electron chi connectivity index (χ1n) is 5.70. The van der Waals surface area contributed by atoms with Crippen LogP contribution in [0.3, 0.4) is 0 Å². The van der Waals surface area contributed by atoms with Gasteiger partial charge in [0.1, 0.15) is 0 Å². The first-order valence-corrected chi connectivity index (χ1v) is 5.70. The lowest BCUT2D eigenvalue weighted by atomic mass is 10.0. The number of esters is 1. The second-order valence-corrected chi connectivity index (χ2v) is 3.88. The Labute approximate surface area is 105 Å². The number of nitrogens with zero attached hydrogens (tertiary/aromatic N) is 2. The van der Waals surface area contributed by atoms with Crippen LogP contribution in [0.2, 0.25) is 0 Å². The fourth-order valence-corrected chi connectivity index (χ4v) is 1.59. The molecule has 0 bridgehead atoms. The van der Waals surface area contributed by atoms with Gasteiger partial charge in [-0.15, -0.1) is 10.2 Å². The lowest BCUT2D eigenvalue weighted by Crippen LogP contribution is -2.04. The molecule has 1 aromatic carbocycles. The number of ether oxygens (including phenoxy) is 1. The molecule has 0 N–H and O–H groups in total. The van der Waals surface area contributed by atoms with E-state index in [0.717, 1.165) is 16.7 Å². The largest absolute Gasteiger partial charge is 0.459 e. The first kappa shape index (κ1) is 12.3. The average molecular weight is 246 g/mol. The highest BCUT2D eigenvalue weighted by Crippen LogP contribution is 2.24. The summed E-state index contributed by atoms with van der Waals surface area (Å²) < 4.78 is 10.1. The van der Waals surface area contributed by atoms with E-state index in [1.165, 1.54) is 0 Å². The molecule has 1 heterocycles. The smallest absolute Gasteiger partial charge is 0.396 e. The monoisotopic (exact) mass is 246 g/mol. The van der Waals surface area contributed by atoms with E-state index in [0.29, 0.717) is 5.89 Å². The summed E-state index contributed by atoms with van der Waals surface area (Å²) in [6.45, 7) is 5.97. The minimum atomic E-state index is -0.596. The van der Waals surface area contributed by atoms with Crippen molar-refractivity contribution in [3.63, 3.8) is 0 Å². The predicted molar refractivity (Wildman–Crippen MR) is 65.2 cm³/mol. The van der Waals surface area contributed by atoms with Crippen molar-refractivity contribution in [2.75, 3.05) is 6.61 Å². The van der Waals surface area contributed by atoms with Gasteiger partial charge in [0, 0.05) is 5.56 Å². The van der Waals surface area contributed by atoms with Gasteiger partial charge in [0.05, 0.1) is 6.61 Å². The molecule has 2 aromatic rings. The molecular weight excluding hydrogens is 232 g/mol. The van der Waals surface area contributed by atoms with Crippen molar-refractivity contribution < 1.29 is 13.9 Å². The maximum absolute atomic E-state index is 11.4. The summed E-state index contributed by atoms with van der Waals surface area (Å²) in [5, 5.41) is 7.56. The second-order valence-electron chi connectivity index (χ2n) is 3.88. The fraction of sp³-hybridized carbons (Fsp3) is 0.308. The molecule has 18 heavy (non-hydrogen) atoms. The van der Waals surface area contributed by atoms with Crippen molar-refractivity contribution in [1.82, 2.24) is 10.2 Å². The summed E-state index contributed by atoms with van der Waals surface area (Å²) in [6.07, 6.45) is 0. The Bertz CT molecular complexity index is 575. The number of aryl methyl sites for hydroxylation is 1. The van der Waals surface area contributed by atoms with Crippen LogP contribution < -0.4 is 0 Å². The number of carbonyl (C=O) groups excluding carboxylic acids is 1. The van der Waals surface area contributed by atoms with Gasteiger partial charge in [0.25, 0.3) is 0 Å². The van der Waals surface area contributed by atoms with E-state index in [1.54, 1.807) is 6.92 Å². The number of aromatic nitrogens is 2. The SMILES string of the molecule is CCOC(=O)c1nnc(-c2cccc(C)c2C)o1. The highest BCUT2D eigenvalue weighted by Gasteiger charge is 2.17. The molecule has 5 nitrogen and oxygen atoms in total. The minimum absolute atomic E-state index is 0.118. The van der Waals surface area contributed by atoms with Gasteiger partial charge in [0.2, 0.25) is 5.89 Å². The first-order chi connectivity index (χ1) is 8.63. The molecule has 0 saturated carbocycles. The van der Waals surface area contributed by atoms with E-state index in [9.17, 15) is 4.79 Å². The highest BCUT2D eigenvalue weighted by molar-refractivity contribution is 5.84. The van der Waals surface area contributed by atoms with Gasteiger partial charge in [-0.2, -0.15) is 0 Å². The molecule has 0 amide bonds. The average Bonchev–Trinajstić information content (AvgIpc) is 2.82. The normalized spacial score (nSPS) is 10.4. The highest BCUT2D eigenvalue weighted by atomic mass is 16.5. The number of hydrogen-bond acceptors (Lipinski definition) is 5. The third-order valence-corrected chi connectivity index (χ3v) is 2.71. The zero-order chi connectivity index (χ0) is 13.1. The molecule has 94 valence electrons. The Morgan fingerprint density at radius 1 is 1.33 bits per heavy atom. The van der Waals surface area contributed by atoms with E-state index >= 15 is 0 Å². The number of benzene rings is 1. The molecule has 0 unspecified atom stereocenters. The molecule has 5 heteroatoms. The Balaban J connectivity index is 2.35. The van der Waals surface area contributed by atoms with E-state index in [2.05, 4.69) is 10.2 Å². The topological polar surface area (TPSA) is 65.2 Å². The third-order valence-electron chi connectivity index (χ3n) is 2.71. The van der Waals surface area contributed by atoms with Gasteiger partial charge in [-0.3, -0.25) is 0 Å². The molecule has 0 fully saturated rings. The van der Waals surface area contributed by atoms with Crippen LogP contribution in [0.5, 0.6) is 0 Å². The number of rotatable bonds is 3. The van der Waals surface area contributed by atoms with Crippen molar-refractivity contribution >= 4 is 5.97 Å². The van der Waals surface area contributed by atoms with Gasteiger partial charge >= 0.3 is 11.9 Å². The van der Waals surface area contributed by atoms with Crippen molar-refractivity contribution in [1.29, 1.82) is 0 Å². The van der Waals surface area contributed by atoms with Gasteiger partial charge in [-0.1, -0.05) is 12.1 Å². The molecule has 1 aromatic heterocycles. The Morgan fingerprint density at radius 3 is 2.83 bits per heavy atom. The van der Waals surface area contributed by atoms with Gasteiger partial charge in [0.15, 0.2) is 0 Å². The molecule has 0 aliphatic carbocycles. The summed E-state index contributed by atoms with van der Waals surface area (Å²) in [5.41, 5.74) is 3.01. The van der Waals surface area contributed by atoms with Crippen LogP contribution in [-0.2, 0) is 4.74 Å². The van der Waals surface area contributed by atoms with Crippen LogP contribution in [0.25, 0.3) is 11.5 Å². The molecule has 0 saturated heterocycles. The molecule has 2 rings (SSSR count). The van der Waals surface area contributed by atoms with E-state index in [1.807, 2.05) is 32.0 Å². The van der Waals surface area contributed by atoms with Crippen LogP contribution >= 0.6 is 0 Å². The molecule has 0 radical (unpaired) electrons. The van der Waals surface area contributed by atoms with E-state index < -0.39 is 5.97 Å². The third kappa shape index (κ3) is 2.25. The van der Waals surface area contributed by atoms with Crippen molar-refractivity contribution in [2.24, 2.45) is 0 Å². The molecule has 0 aliphatic rings. The quantitative estimate of drug-likeness (QED) is 0.778. The minimum Gasteiger partial charge on any atom is -0.459 e. The lowest BCUT2D eigenvalue weighted by molar-refractivity contribution is 0.0481. The molecule has 0 aliphatic heterocycles. The van der Waals surface area contributed by atoms with Crippen molar-refractivity contribution in [3.8, 4) is 11.5 Å². The Morgan fingerprint density at radius 2 is 2.11 bits per heavy atom. The van der Waals surface area contributed by atoms with Gasteiger partial charge < -0.3 is 9.15 Å². The second kappa shape index (κ2) is 5.00. The molecular formula is C13H14N2O3. The zero-order valence-electron chi connectivity index (χ0n) is 10.6. The van der Waals surface area contributed by atoms with Crippen LogP contribution in [0, 0.1) is 13.8 Å². The summed E-state index contributed by atoms with van der Waals surface area (Å²) in [4.78, 5) is 11.4. The van der Waals surface area contributed by atoms with Gasteiger partial charge in [-0.25, -0.2) is 4.79 Å².